The molecule has 3 nitrogen and oxygen atoms in total. The molecule has 0 aliphatic rings. The van der Waals surface area contributed by atoms with Gasteiger partial charge in [0.1, 0.15) is 0 Å². The molecule has 0 saturated carbocycles. The van der Waals surface area contributed by atoms with Gasteiger partial charge in [-0.25, -0.2) is 0 Å². The third-order valence-electron chi connectivity index (χ3n) is 3.49. The van der Waals surface area contributed by atoms with Crippen molar-refractivity contribution >= 4 is 32.9 Å². The average Bonchev–Trinajstić information content (AvgIpc) is 2.84. The van der Waals surface area contributed by atoms with E-state index in [1.807, 2.05) is 0 Å². The van der Waals surface area contributed by atoms with E-state index in [1.54, 1.807) is 24.5 Å². The Kier molecular flexibility index (Phi) is 3.60. The Labute approximate surface area is 133 Å². The van der Waals surface area contributed by atoms with Gasteiger partial charge in [-0.2, -0.15) is 13.2 Å². The van der Waals surface area contributed by atoms with Gasteiger partial charge in [0.05, 0.1) is 16.1 Å². The quantitative estimate of drug-likeness (QED) is 0.686. The van der Waals surface area contributed by atoms with Gasteiger partial charge in [-0.05, 0) is 29.3 Å². The summed E-state index contributed by atoms with van der Waals surface area (Å²) in [7, 11) is 0. The normalized spacial score (nSPS) is 11.8. The Morgan fingerprint density at radius 2 is 1.83 bits per heavy atom. The predicted octanol–water partition coefficient (Wildman–Crippen LogP) is 4.77. The van der Waals surface area contributed by atoms with E-state index in [0.29, 0.717) is 10.3 Å². The summed E-state index contributed by atoms with van der Waals surface area (Å²) in [4.78, 5) is 15.7. The Morgan fingerprint density at radius 3 is 2.39 bits per heavy atom. The number of thiophene rings is 1. The van der Waals surface area contributed by atoms with Crippen LogP contribution in [0, 0.1) is 0 Å². The van der Waals surface area contributed by atoms with E-state index < -0.39 is 11.7 Å². The van der Waals surface area contributed by atoms with Crippen molar-refractivity contribution in [2.45, 2.75) is 13.1 Å². The molecule has 0 bridgehead atoms. The van der Waals surface area contributed by atoms with Gasteiger partial charge in [-0.3, -0.25) is 9.78 Å². The molecular weight excluding hydrogens is 325 g/mol. The largest absolute Gasteiger partial charge is 0.417 e. The van der Waals surface area contributed by atoms with E-state index in [-0.39, 0.29) is 21.7 Å². The van der Waals surface area contributed by atoms with E-state index in [4.69, 9.17) is 5.73 Å². The van der Waals surface area contributed by atoms with Crippen LogP contribution in [-0.2, 0) is 6.18 Å². The van der Waals surface area contributed by atoms with Crippen molar-refractivity contribution < 1.29 is 18.0 Å². The Bertz CT molecular complexity index is 901. The lowest BCUT2D eigenvalue weighted by Gasteiger charge is -2.11. The summed E-state index contributed by atoms with van der Waals surface area (Å²) in [6.45, 7) is 1.29. The highest BCUT2D eigenvalue weighted by atomic mass is 32.1. The number of halogens is 3. The summed E-state index contributed by atoms with van der Waals surface area (Å²) in [6.07, 6.45) is -1.43. The second-order valence-electron chi connectivity index (χ2n) is 5.00. The smallest absolute Gasteiger partial charge is 0.397 e. The molecule has 1 aromatic carbocycles. The number of rotatable bonds is 2. The lowest BCUT2D eigenvalue weighted by atomic mass is 10.00. The minimum atomic E-state index is -4.54. The van der Waals surface area contributed by atoms with Crippen molar-refractivity contribution in [2.24, 2.45) is 0 Å². The van der Waals surface area contributed by atoms with E-state index >= 15 is 0 Å². The molecule has 0 atom stereocenters. The van der Waals surface area contributed by atoms with Gasteiger partial charge in [0.25, 0.3) is 0 Å². The number of anilines is 1. The minimum absolute atomic E-state index is 0.109. The highest BCUT2D eigenvalue weighted by Gasteiger charge is 2.35. The van der Waals surface area contributed by atoms with E-state index in [1.165, 1.54) is 13.0 Å². The van der Waals surface area contributed by atoms with Gasteiger partial charge in [-0.1, -0.05) is 6.07 Å². The molecule has 0 radical (unpaired) electrons. The Morgan fingerprint density at radius 1 is 1.17 bits per heavy atom. The average molecular weight is 336 g/mol. The molecule has 3 aromatic rings. The fraction of sp³-hybridized carbons (Fsp3) is 0.125. The van der Waals surface area contributed by atoms with Crippen LogP contribution in [-0.4, -0.2) is 10.8 Å². The number of nitrogens with zero attached hydrogens (tertiary/aromatic N) is 1. The molecule has 2 heterocycles. The number of benzene rings is 1. The highest BCUT2D eigenvalue weighted by molar-refractivity contribution is 7.22. The number of hydrogen-bond acceptors (Lipinski definition) is 4. The van der Waals surface area contributed by atoms with Crippen LogP contribution in [0.25, 0.3) is 21.2 Å². The Hall–Kier alpha value is -2.41. The zero-order chi connectivity index (χ0) is 16.8. The molecule has 0 amide bonds. The van der Waals surface area contributed by atoms with E-state index in [0.717, 1.165) is 23.0 Å². The molecule has 23 heavy (non-hydrogen) atoms. The maximum absolute atomic E-state index is 13.3. The van der Waals surface area contributed by atoms with Crippen molar-refractivity contribution in [1.82, 2.24) is 4.98 Å². The molecule has 0 spiro atoms. The molecule has 118 valence electrons. The lowest BCUT2D eigenvalue weighted by Crippen LogP contribution is -2.06. The van der Waals surface area contributed by atoms with Crippen molar-refractivity contribution in [3.8, 4) is 11.1 Å². The van der Waals surface area contributed by atoms with Crippen LogP contribution < -0.4 is 5.73 Å². The Balaban J connectivity index is 2.42. The van der Waals surface area contributed by atoms with Crippen LogP contribution in [0.4, 0.5) is 18.9 Å². The summed E-state index contributed by atoms with van der Waals surface area (Å²) in [5.41, 5.74) is 6.24. The van der Waals surface area contributed by atoms with Crippen LogP contribution in [0.1, 0.15) is 22.2 Å². The van der Waals surface area contributed by atoms with Crippen LogP contribution in [0.2, 0.25) is 0 Å². The second-order valence-corrected chi connectivity index (χ2v) is 6.02. The molecule has 3 rings (SSSR count). The number of aromatic nitrogens is 1. The van der Waals surface area contributed by atoms with E-state index in [9.17, 15) is 18.0 Å². The summed E-state index contributed by atoms with van der Waals surface area (Å²) in [5.74, 6) is -0.350. The number of alkyl halides is 3. The maximum Gasteiger partial charge on any atom is 0.417 e. The van der Waals surface area contributed by atoms with Crippen molar-refractivity contribution in [3.05, 3.63) is 47.1 Å². The summed E-state index contributed by atoms with van der Waals surface area (Å²) in [6, 6.07) is 5.81. The topological polar surface area (TPSA) is 56.0 Å². The van der Waals surface area contributed by atoms with Crippen LogP contribution in [0.15, 0.2) is 36.7 Å². The predicted molar refractivity (Wildman–Crippen MR) is 84.5 cm³/mol. The number of carbonyl (C=O) groups excluding carboxylic acids is 1. The zero-order valence-corrected chi connectivity index (χ0v) is 12.8. The number of carbonyl (C=O) groups is 1. The molecule has 0 aliphatic carbocycles. The fourth-order valence-electron chi connectivity index (χ4n) is 2.48. The SMILES string of the molecule is CC(=O)c1sc2c(-c3ccncc3)ccc(C(F)(F)F)c2c1N. The monoisotopic (exact) mass is 336 g/mol. The standard InChI is InChI=1S/C16H11F3N2OS/c1-8(22)14-13(20)12-11(16(17,18)19)3-2-10(15(12)23-14)9-4-6-21-7-5-9/h2-7H,20H2,1H3. The first kappa shape index (κ1) is 15.5. The second kappa shape index (κ2) is 5.34. The van der Waals surface area contributed by atoms with Crippen LogP contribution in [0.3, 0.4) is 0 Å². The molecule has 2 N–H and O–H groups in total. The summed E-state index contributed by atoms with van der Waals surface area (Å²) < 4.78 is 40.2. The number of ketones is 1. The third kappa shape index (κ3) is 2.57. The molecule has 0 unspecified atom stereocenters. The summed E-state index contributed by atoms with van der Waals surface area (Å²) in [5, 5.41) is -0.109. The number of pyridine rings is 1. The van der Waals surface area contributed by atoms with Crippen molar-refractivity contribution in [3.63, 3.8) is 0 Å². The van der Waals surface area contributed by atoms with Gasteiger partial charge in [0.15, 0.2) is 5.78 Å². The van der Waals surface area contributed by atoms with Gasteiger partial charge < -0.3 is 5.73 Å². The molecule has 2 aromatic heterocycles. The van der Waals surface area contributed by atoms with Gasteiger partial charge in [-0.15, -0.1) is 11.3 Å². The molecule has 0 fully saturated rings. The third-order valence-corrected chi connectivity index (χ3v) is 4.83. The first-order valence-corrected chi connectivity index (χ1v) is 7.46. The molecular formula is C16H11F3N2OS. The first-order valence-electron chi connectivity index (χ1n) is 6.64. The molecule has 0 saturated heterocycles. The van der Waals surface area contributed by atoms with Gasteiger partial charge in [0.2, 0.25) is 0 Å². The maximum atomic E-state index is 13.3. The summed E-state index contributed by atoms with van der Waals surface area (Å²) >= 11 is 0.989. The van der Waals surface area contributed by atoms with Crippen molar-refractivity contribution in [2.75, 3.05) is 5.73 Å². The fourth-order valence-corrected chi connectivity index (χ4v) is 3.66. The first-order chi connectivity index (χ1) is 10.8. The van der Waals surface area contributed by atoms with Crippen LogP contribution in [0.5, 0.6) is 0 Å². The number of fused-ring (bicyclic) bond motifs is 1. The number of nitrogen functional groups attached to an aromatic ring is 1. The molecule has 0 aliphatic heterocycles. The number of hydrogen-bond donors (Lipinski definition) is 1. The van der Waals surface area contributed by atoms with Crippen molar-refractivity contribution in [1.29, 1.82) is 0 Å². The number of Topliss-reactive ketones (excluding diaryl/α,β-unsaturated/α-hetero) is 1. The van der Waals surface area contributed by atoms with Gasteiger partial charge >= 0.3 is 6.18 Å². The number of nitrogens with two attached hydrogens (primary N) is 1. The lowest BCUT2D eigenvalue weighted by molar-refractivity contribution is -0.136. The van der Waals surface area contributed by atoms with E-state index in [2.05, 4.69) is 4.98 Å². The zero-order valence-electron chi connectivity index (χ0n) is 11.9. The van der Waals surface area contributed by atoms with Gasteiger partial charge in [0, 0.05) is 29.4 Å². The highest BCUT2D eigenvalue weighted by Crippen LogP contribution is 2.46. The van der Waals surface area contributed by atoms with Crippen LogP contribution >= 0.6 is 11.3 Å². The minimum Gasteiger partial charge on any atom is -0.397 e. The molecule has 7 heteroatoms.